The molecule has 0 bridgehead atoms. The SMILES string of the molecule is CNc1cncc(C(=O)NCCOC2CCCCC2)n1. The lowest BCUT2D eigenvalue weighted by molar-refractivity contribution is 0.0299. The summed E-state index contributed by atoms with van der Waals surface area (Å²) >= 11 is 0. The number of anilines is 1. The van der Waals surface area contributed by atoms with Gasteiger partial charge < -0.3 is 15.4 Å². The van der Waals surface area contributed by atoms with E-state index in [1.807, 2.05) is 0 Å². The standard InChI is InChI=1S/C14H22N4O2/c1-15-13-10-16-9-12(18-13)14(19)17-7-8-20-11-5-3-2-4-6-11/h9-11H,2-8H2,1H3,(H,15,18)(H,17,19). The largest absolute Gasteiger partial charge is 0.376 e. The van der Waals surface area contributed by atoms with Crippen LogP contribution in [0.4, 0.5) is 5.82 Å². The topological polar surface area (TPSA) is 76.1 Å². The summed E-state index contributed by atoms with van der Waals surface area (Å²) in [5, 5.41) is 5.65. The zero-order chi connectivity index (χ0) is 14.2. The van der Waals surface area contributed by atoms with E-state index in [4.69, 9.17) is 4.74 Å². The normalized spacial score (nSPS) is 15.8. The summed E-state index contributed by atoms with van der Waals surface area (Å²) in [6.07, 6.45) is 9.51. The summed E-state index contributed by atoms with van der Waals surface area (Å²) in [5.74, 6) is 0.359. The zero-order valence-electron chi connectivity index (χ0n) is 11.9. The van der Waals surface area contributed by atoms with Crippen molar-refractivity contribution in [2.45, 2.75) is 38.2 Å². The lowest BCUT2D eigenvalue weighted by Crippen LogP contribution is -2.30. The highest BCUT2D eigenvalue weighted by Crippen LogP contribution is 2.19. The van der Waals surface area contributed by atoms with Gasteiger partial charge in [-0.15, -0.1) is 0 Å². The lowest BCUT2D eigenvalue weighted by Gasteiger charge is -2.21. The molecule has 2 rings (SSSR count). The number of hydrogen-bond donors (Lipinski definition) is 2. The predicted octanol–water partition coefficient (Wildman–Crippen LogP) is 1.60. The Hall–Kier alpha value is -1.69. The van der Waals surface area contributed by atoms with E-state index in [1.165, 1.54) is 25.5 Å². The number of hydrogen-bond acceptors (Lipinski definition) is 5. The fraction of sp³-hybridized carbons (Fsp3) is 0.643. The Labute approximate surface area is 119 Å². The molecule has 0 aromatic carbocycles. The van der Waals surface area contributed by atoms with Gasteiger partial charge in [0.15, 0.2) is 0 Å². The van der Waals surface area contributed by atoms with Crippen LogP contribution in [0.2, 0.25) is 0 Å². The first kappa shape index (κ1) is 14.7. The van der Waals surface area contributed by atoms with Crippen LogP contribution in [-0.2, 0) is 4.74 Å². The fourth-order valence-electron chi connectivity index (χ4n) is 2.31. The molecule has 0 atom stereocenters. The van der Waals surface area contributed by atoms with Gasteiger partial charge in [0.05, 0.1) is 25.1 Å². The highest BCUT2D eigenvalue weighted by molar-refractivity contribution is 5.92. The third kappa shape index (κ3) is 4.45. The summed E-state index contributed by atoms with van der Waals surface area (Å²) in [5.41, 5.74) is 0.314. The first-order valence-electron chi connectivity index (χ1n) is 7.19. The lowest BCUT2D eigenvalue weighted by atomic mass is 9.98. The van der Waals surface area contributed by atoms with E-state index in [1.54, 1.807) is 13.2 Å². The van der Waals surface area contributed by atoms with Crippen molar-refractivity contribution in [3.63, 3.8) is 0 Å². The Bertz CT molecular complexity index is 433. The van der Waals surface area contributed by atoms with E-state index in [2.05, 4.69) is 20.6 Å². The van der Waals surface area contributed by atoms with Crippen LogP contribution >= 0.6 is 0 Å². The first-order valence-corrected chi connectivity index (χ1v) is 7.19. The van der Waals surface area contributed by atoms with E-state index in [-0.39, 0.29) is 5.91 Å². The molecule has 0 radical (unpaired) electrons. The number of nitrogens with one attached hydrogen (secondary N) is 2. The second-order valence-electron chi connectivity index (χ2n) is 4.93. The predicted molar refractivity (Wildman–Crippen MR) is 76.7 cm³/mol. The van der Waals surface area contributed by atoms with Crippen molar-refractivity contribution in [2.75, 3.05) is 25.5 Å². The summed E-state index contributed by atoms with van der Waals surface area (Å²) in [6, 6.07) is 0. The van der Waals surface area contributed by atoms with Gasteiger partial charge in [-0.1, -0.05) is 19.3 Å². The zero-order valence-corrected chi connectivity index (χ0v) is 11.9. The van der Waals surface area contributed by atoms with Crippen molar-refractivity contribution in [3.8, 4) is 0 Å². The molecular formula is C14H22N4O2. The van der Waals surface area contributed by atoms with Gasteiger partial charge in [0.2, 0.25) is 0 Å². The molecule has 20 heavy (non-hydrogen) atoms. The minimum atomic E-state index is -0.221. The van der Waals surface area contributed by atoms with Crippen molar-refractivity contribution in [3.05, 3.63) is 18.1 Å². The van der Waals surface area contributed by atoms with E-state index in [0.29, 0.717) is 30.8 Å². The molecule has 2 N–H and O–H groups in total. The molecule has 6 heteroatoms. The van der Waals surface area contributed by atoms with Crippen molar-refractivity contribution >= 4 is 11.7 Å². The van der Waals surface area contributed by atoms with E-state index in [0.717, 1.165) is 12.8 Å². The van der Waals surface area contributed by atoms with Crippen LogP contribution in [0.25, 0.3) is 0 Å². The van der Waals surface area contributed by atoms with Gasteiger partial charge in [0.25, 0.3) is 5.91 Å². The summed E-state index contributed by atoms with van der Waals surface area (Å²) < 4.78 is 5.75. The molecule has 1 fully saturated rings. The number of amides is 1. The highest BCUT2D eigenvalue weighted by Gasteiger charge is 2.13. The van der Waals surface area contributed by atoms with Crippen molar-refractivity contribution in [1.82, 2.24) is 15.3 Å². The van der Waals surface area contributed by atoms with Gasteiger partial charge in [-0.3, -0.25) is 9.78 Å². The minimum Gasteiger partial charge on any atom is -0.376 e. The average molecular weight is 278 g/mol. The Kier molecular flexibility index (Phi) is 5.73. The molecule has 1 heterocycles. The van der Waals surface area contributed by atoms with Gasteiger partial charge in [0, 0.05) is 13.6 Å². The maximum atomic E-state index is 11.9. The Morgan fingerprint density at radius 3 is 2.90 bits per heavy atom. The molecule has 1 aromatic rings. The van der Waals surface area contributed by atoms with Crippen molar-refractivity contribution < 1.29 is 9.53 Å². The summed E-state index contributed by atoms with van der Waals surface area (Å²) in [6.45, 7) is 1.05. The molecule has 0 spiro atoms. The van der Waals surface area contributed by atoms with Crippen LogP contribution in [0.15, 0.2) is 12.4 Å². The van der Waals surface area contributed by atoms with Gasteiger partial charge in [-0.25, -0.2) is 4.98 Å². The fourth-order valence-corrected chi connectivity index (χ4v) is 2.31. The number of carbonyl (C=O) groups excluding carboxylic acids is 1. The van der Waals surface area contributed by atoms with Crippen LogP contribution in [0, 0.1) is 0 Å². The maximum absolute atomic E-state index is 11.9. The molecule has 1 amide bonds. The Morgan fingerprint density at radius 1 is 1.35 bits per heavy atom. The summed E-state index contributed by atoms with van der Waals surface area (Å²) in [7, 11) is 1.74. The van der Waals surface area contributed by atoms with E-state index >= 15 is 0 Å². The monoisotopic (exact) mass is 278 g/mol. The van der Waals surface area contributed by atoms with Crippen molar-refractivity contribution in [2.24, 2.45) is 0 Å². The molecule has 1 aromatic heterocycles. The molecule has 0 aliphatic heterocycles. The highest BCUT2D eigenvalue weighted by atomic mass is 16.5. The molecular weight excluding hydrogens is 256 g/mol. The van der Waals surface area contributed by atoms with Crippen LogP contribution in [-0.4, -0.2) is 42.2 Å². The van der Waals surface area contributed by atoms with Crippen LogP contribution in [0.3, 0.4) is 0 Å². The number of carbonyl (C=O) groups is 1. The van der Waals surface area contributed by atoms with E-state index < -0.39 is 0 Å². The van der Waals surface area contributed by atoms with Gasteiger partial charge >= 0.3 is 0 Å². The number of aromatic nitrogens is 2. The number of rotatable bonds is 6. The molecule has 0 unspecified atom stereocenters. The quantitative estimate of drug-likeness (QED) is 0.773. The van der Waals surface area contributed by atoms with Gasteiger partial charge in [0.1, 0.15) is 11.5 Å². The van der Waals surface area contributed by atoms with Crippen LogP contribution < -0.4 is 10.6 Å². The van der Waals surface area contributed by atoms with Crippen LogP contribution in [0.5, 0.6) is 0 Å². The van der Waals surface area contributed by atoms with Gasteiger partial charge in [-0.2, -0.15) is 0 Å². The average Bonchev–Trinajstić information content (AvgIpc) is 2.52. The minimum absolute atomic E-state index is 0.221. The van der Waals surface area contributed by atoms with Crippen LogP contribution in [0.1, 0.15) is 42.6 Å². The molecule has 6 nitrogen and oxygen atoms in total. The third-order valence-corrected chi connectivity index (χ3v) is 3.42. The molecule has 1 aliphatic carbocycles. The second kappa shape index (κ2) is 7.79. The molecule has 110 valence electrons. The molecule has 1 aliphatic rings. The maximum Gasteiger partial charge on any atom is 0.271 e. The smallest absolute Gasteiger partial charge is 0.271 e. The first-order chi connectivity index (χ1) is 9.79. The van der Waals surface area contributed by atoms with Crippen molar-refractivity contribution in [1.29, 1.82) is 0 Å². The molecule has 1 saturated carbocycles. The van der Waals surface area contributed by atoms with Gasteiger partial charge in [-0.05, 0) is 12.8 Å². The summed E-state index contributed by atoms with van der Waals surface area (Å²) in [4.78, 5) is 20.0. The van der Waals surface area contributed by atoms with E-state index in [9.17, 15) is 4.79 Å². The third-order valence-electron chi connectivity index (χ3n) is 3.42. The Balaban J connectivity index is 1.69. The Morgan fingerprint density at radius 2 is 2.15 bits per heavy atom. The number of ether oxygens (including phenoxy) is 1. The number of nitrogens with zero attached hydrogens (tertiary/aromatic N) is 2. The second-order valence-corrected chi connectivity index (χ2v) is 4.93. The molecule has 0 saturated heterocycles.